The summed E-state index contributed by atoms with van der Waals surface area (Å²) in [6.07, 6.45) is 2.36. The summed E-state index contributed by atoms with van der Waals surface area (Å²) in [5, 5.41) is 3.44. The minimum Gasteiger partial charge on any atom is -0.486 e. The highest BCUT2D eigenvalue weighted by atomic mass is 16.6. The molecule has 17 heavy (non-hydrogen) atoms. The lowest BCUT2D eigenvalue weighted by atomic mass is 9.98. The van der Waals surface area contributed by atoms with Gasteiger partial charge in [0, 0.05) is 12.1 Å². The van der Waals surface area contributed by atoms with E-state index in [1.54, 1.807) is 0 Å². The molecule has 1 aromatic carbocycles. The fourth-order valence-corrected chi connectivity index (χ4v) is 2.52. The number of hydrogen-bond acceptors (Lipinski definition) is 4. The molecule has 4 nitrogen and oxygen atoms in total. The van der Waals surface area contributed by atoms with Crippen LogP contribution >= 0.6 is 0 Å². The molecule has 0 radical (unpaired) electrons. The van der Waals surface area contributed by atoms with Gasteiger partial charge in [-0.2, -0.15) is 0 Å². The standard InChI is InChI=1S/C13H18N2O2/c14-13(10-2-1-5-15-10)9-3-4-11-12(8-9)17-7-6-16-11/h3-4,8,10,13,15H,1-2,5-7,14H2. The van der Waals surface area contributed by atoms with Crippen LogP contribution in [0, 0.1) is 0 Å². The zero-order valence-corrected chi connectivity index (χ0v) is 9.82. The van der Waals surface area contributed by atoms with Gasteiger partial charge >= 0.3 is 0 Å². The van der Waals surface area contributed by atoms with Crippen molar-refractivity contribution in [3.05, 3.63) is 23.8 Å². The number of ether oxygens (including phenoxy) is 2. The molecule has 3 N–H and O–H groups in total. The second kappa shape index (κ2) is 4.55. The van der Waals surface area contributed by atoms with Gasteiger partial charge in [0.25, 0.3) is 0 Å². The molecule has 2 unspecified atom stereocenters. The molecule has 0 aliphatic carbocycles. The second-order valence-electron chi connectivity index (χ2n) is 4.63. The molecule has 3 rings (SSSR count). The molecule has 1 fully saturated rings. The van der Waals surface area contributed by atoms with E-state index < -0.39 is 0 Å². The van der Waals surface area contributed by atoms with Gasteiger partial charge in [0.1, 0.15) is 13.2 Å². The maximum atomic E-state index is 6.27. The summed E-state index contributed by atoms with van der Waals surface area (Å²) in [4.78, 5) is 0. The lowest BCUT2D eigenvalue weighted by Gasteiger charge is -2.23. The third-order valence-corrected chi connectivity index (χ3v) is 3.48. The summed E-state index contributed by atoms with van der Waals surface area (Å²) in [5.74, 6) is 1.65. The van der Waals surface area contributed by atoms with Crippen LogP contribution in [-0.2, 0) is 0 Å². The van der Waals surface area contributed by atoms with Crippen molar-refractivity contribution < 1.29 is 9.47 Å². The number of rotatable bonds is 2. The Kier molecular flexibility index (Phi) is 2.91. The van der Waals surface area contributed by atoms with Crippen molar-refractivity contribution in [2.45, 2.75) is 24.9 Å². The van der Waals surface area contributed by atoms with Crippen molar-refractivity contribution >= 4 is 0 Å². The van der Waals surface area contributed by atoms with Gasteiger partial charge in [-0.05, 0) is 37.1 Å². The van der Waals surface area contributed by atoms with Crippen molar-refractivity contribution in [1.82, 2.24) is 5.32 Å². The van der Waals surface area contributed by atoms with Crippen LogP contribution in [0.25, 0.3) is 0 Å². The molecule has 0 spiro atoms. The summed E-state index contributed by atoms with van der Waals surface area (Å²) >= 11 is 0. The highest BCUT2D eigenvalue weighted by Gasteiger charge is 2.24. The number of nitrogens with two attached hydrogens (primary N) is 1. The van der Waals surface area contributed by atoms with E-state index in [0.717, 1.165) is 30.0 Å². The van der Waals surface area contributed by atoms with Crippen LogP contribution in [0.1, 0.15) is 24.4 Å². The Hall–Kier alpha value is -1.26. The smallest absolute Gasteiger partial charge is 0.161 e. The summed E-state index contributed by atoms with van der Waals surface area (Å²) in [6, 6.07) is 6.43. The molecule has 1 saturated heterocycles. The van der Waals surface area contributed by atoms with E-state index in [0.29, 0.717) is 19.3 Å². The summed E-state index contributed by atoms with van der Waals surface area (Å²) in [5.41, 5.74) is 7.39. The van der Waals surface area contributed by atoms with E-state index in [1.807, 2.05) is 18.2 Å². The lowest BCUT2D eigenvalue weighted by molar-refractivity contribution is 0.171. The predicted octanol–water partition coefficient (Wildman–Crippen LogP) is 1.21. The van der Waals surface area contributed by atoms with Gasteiger partial charge in [0.15, 0.2) is 11.5 Å². The van der Waals surface area contributed by atoms with Crippen LogP contribution in [0.15, 0.2) is 18.2 Å². The molecule has 2 atom stereocenters. The molecule has 2 aliphatic rings. The zero-order valence-electron chi connectivity index (χ0n) is 9.82. The van der Waals surface area contributed by atoms with Crippen molar-refractivity contribution in [2.24, 2.45) is 5.73 Å². The van der Waals surface area contributed by atoms with E-state index in [-0.39, 0.29) is 6.04 Å². The third-order valence-electron chi connectivity index (χ3n) is 3.48. The third kappa shape index (κ3) is 2.10. The van der Waals surface area contributed by atoms with Crippen LogP contribution < -0.4 is 20.5 Å². The maximum Gasteiger partial charge on any atom is 0.161 e. The fraction of sp³-hybridized carbons (Fsp3) is 0.538. The molecule has 0 aromatic heterocycles. The average Bonchev–Trinajstić information content (AvgIpc) is 2.91. The number of fused-ring (bicyclic) bond motifs is 1. The van der Waals surface area contributed by atoms with E-state index in [2.05, 4.69) is 5.32 Å². The van der Waals surface area contributed by atoms with Gasteiger partial charge in [0.05, 0.1) is 0 Å². The van der Waals surface area contributed by atoms with Gasteiger partial charge < -0.3 is 20.5 Å². The minimum atomic E-state index is 0.0355. The Morgan fingerprint density at radius 2 is 2.06 bits per heavy atom. The number of nitrogens with one attached hydrogen (secondary N) is 1. The van der Waals surface area contributed by atoms with Crippen LogP contribution in [-0.4, -0.2) is 25.8 Å². The van der Waals surface area contributed by atoms with E-state index in [4.69, 9.17) is 15.2 Å². The first kappa shape index (κ1) is 10.9. The molecular formula is C13H18N2O2. The molecule has 0 bridgehead atoms. The first-order valence-electron chi connectivity index (χ1n) is 6.23. The molecule has 4 heteroatoms. The first-order valence-corrected chi connectivity index (χ1v) is 6.23. The van der Waals surface area contributed by atoms with Crippen LogP contribution in [0.3, 0.4) is 0 Å². The van der Waals surface area contributed by atoms with E-state index >= 15 is 0 Å². The normalized spacial score (nSPS) is 24.6. The van der Waals surface area contributed by atoms with Crippen LogP contribution in [0.2, 0.25) is 0 Å². The van der Waals surface area contributed by atoms with Crippen LogP contribution in [0.4, 0.5) is 0 Å². The van der Waals surface area contributed by atoms with Gasteiger partial charge in [-0.15, -0.1) is 0 Å². The minimum absolute atomic E-state index is 0.0355. The van der Waals surface area contributed by atoms with Gasteiger partial charge in [-0.3, -0.25) is 0 Å². The largest absolute Gasteiger partial charge is 0.486 e. The average molecular weight is 234 g/mol. The SMILES string of the molecule is NC(c1ccc2c(c1)OCCO2)C1CCCN1. The topological polar surface area (TPSA) is 56.5 Å². The van der Waals surface area contributed by atoms with Gasteiger partial charge in [-0.1, -0.05) is 6.07 Å². The van der Waals surface area contributed by atoms with Crippen molar-refractivity contribution in [3.63, 3.8) is 0 Å². The Morgan fingerprint density at radius 3 is 2.82 bits per heavy atom. The van der Waals surface area contributed by atoms with Gasteiger partial charge in [0.2, 0.25) is 0 Å². The molecule has 92 valence electrons. The van der Waals surface area contributed by atoms with E-state index in [9.17, 15) is 0 Å². The first-order chi connectivity index (χ1) is 8.34. The van der Waals surface area contributed by atoms with Crippen molar-refractivity contribution in [1.29, 1.82) is 0 Å². The molecule has 2 aliphatic heterocycles. The summed E-state index contributed by atoms with van der Waals surface area (Å²) < 4.78 is 11.1. The molecule has 0 amide bonds. The molecule has 1 aromatic rings. The summed E-state index contributed by atoms with van der Waals surface area (Å²) in [7, 11) is 0. The fourth-order valence-electron chi connectivity index (χ4n) is 2.52. The number of hydrogen-bond donors (Lipinski definition) is 2. The quantitative estimate of drug-likeness (QED) is 0.807. The van der Waals surface area contributed by atoms with Crippen molar-refractivity contribution in [3.8, 4) is 11.5 Å². The molecule has 0 saturated carbocycles. The zero-order chi connectivity index (χ0) is 11.7. The van der Waals surface area contributed by atoms with Gasteiger partial charge in [-0.25, -0.2) is 0 Å². The Morgan fingerprint density at radius 1 is 1.24 bits per heavy atom. The van der Waals surface area contributed by atoms with E-state index in [1.165, 1.54) is 6.42 Å². The van der Waals surface area contributed by atoms with Crippen LogP contribution in [0.5, 0.6) is 11.5 Å². The highest BCUT2D eigenvalue weighted by molar-refractivity contribution is 5.44. The lowest BCUT2D eigenvalue weighted by Crippen LogP contribution is -2.34. The Bertz CT molecular complexity index is 402. The predicted molar refractivity (Wildman–Crippen MR) is 65.4 cm³/mol. The van der Waals surface area contributed by atoms with Crippen molar-refractivity contribution in [2.75, 3.05) is 19.8 Å². The Balaban J connectivity index is 1.82. The Labute approximate surface area is 101 Å². The highest BCUT2D eigenvalue weighted by Crippen LogP contribution is 2.33. The maximum absolute atomic E-state index is 6.27. The number of benzene rings is 1. The second-order valence-corrected chi connectivity index (χ2v) is 4.63. The summed E-state index contributed by atoms with van der Waals surface area (Å²) in [6.45, 7) is 2.32. The monoisotopic (exact) mass is 234 g/mol. The molecule has 2 heterocycles. The molecular weight excluding hydrogens is 216 g/mol.